The van der Waals surface area contributed by atoms with E-state index in [2.05, 4.69) is 5.32 Å². The zero-order chi connectivity index (χ0) is 23.5. The molecule has 2 N–H and O–H groups in total. The molecule has 168 valence electrons. The number of fused-ring (bicyclic) bond motifs is 1. The lowest BCUT2D eigenvalue weighted by Crippen LogP contribution is -2.23. The molecule has 1 aromatic carbocycles. The lowest BCUT2D eigenvalue weighted by atomic mass is 9.95. The largest absolute Gasteiger partial charge is 0.478 e. The molecular weight excluding hydrogens is 434 g/mol. The van der Waals surface area contributed by atoms with Crippen LogP contribution in [0.1, 0.15) is 56.2 Å². The second-order valence-corrected chi connectivity index (χ2v) is 9.28. The molecule has 33 heavy (non-hydrogen) atoms. The van der Waals surface area contributed by atoms with Gasteiger partial charge in [0.15, 0.2) is 0 Å². The minimum Gasteiger partial charge on any atom is -0.478 e. The molecule has 3 aromatic rings. The van der Waals surface area contributed by atoms with Gasteiger partial charge in [-0.3, -0.25) is 4.79 Å². The normalized spacial score (nSPS) is 13.3. The van der Waals surface area contributed by atoms with Gasteiger partial charge in [0.2, 0.25) is 0 Å². The number of aromatic nitrogens is 1. The summed E-state index contributed by atoms with van der Waals surface area (Å²) in [5.74, 6) is -1.35. The lowest BCUT2D eigenvalue weighted by molar-refractivity contribution is -0.117. The topological polar surface area (TPSA) is 95.1 Å². The predicted molar refractivity (Wildman–Crippen MR) is 129 cm³/mol. The molecule has 7 heteroatoms. The first-order valence-corrected chi connectivity index (χ1v) is 11.7. The second kappa shape index (κ2) is 9.47. The smallest absolute Gasteiger partial charge is 0.339 e. The number of aromatic carboxylic acids is 1. The van der Waals surface area contributed by atoms with Crippen molar-refractivity contribution in [2.75, 3.05) is 0 Å². The van der Waals surface area contributed by atoms with Crippen LogP contribution < -0.4 is 5.32 Å². The Labute approximate surface area is 196 Å². The van der Waals surface area contributed by atoms with Gasteiger partial charge in [-0.1, -0.05) is 30.3 Å². The summed E-state index contributed by atoms with van der Waals surface area (Å²) in [5.41, 5.74) is 4.68. The van der Waals surface area contributed by atoms with Crippen molar-refractivity contribution >= 4 is 29.3 Å². The molecule has 0 saturated heterocycles. The highest BCUT2D eigenvalue weighted by Crippen LogP contribution is 2.38. The number of thiophene rings is 1. The number of aryl methyl sites for hydroxylation is 2. The molecule has 0 spiro atoms. The first kappa shape index (κ1) is 22.6. The van der Waals surface area contributed by atoms with Crippen LogP contribution in [-0.4, -0.2) is 21.6 Å². The van der Waals surface area contributed by atoms with Crippen molar-refractivity contribution in [1.82, 2.24) is 9.88 Å². The number of nitriles is 1. The van der Waals surface area contributed by atoms with Gasteiger partial charge in [-0.25, -0.2) is 4.79 Å². The monoisotopic (exact) mass is 459 g/mol. The fraction of sp³-hybridized carbons (Fsp3) is 0.269. The summed E-state index contributed by atoms with van der Waals surface area (Å²) in [6.07, 6.45) is 5.36. The average Bonchev–Trinajstić information content (AvgIpc) is 3.32. The number of amides is 1. The zero-order valence-electron chi connectivity index (χ0n) is 18.6. The van der Waals surface area contributed by atoms with E-state index in [4.69, 9.17) is 0 Å². The minimum atomic E-state index is -0.910. The average molecular weight is 460 g/mol. The van der Waals surface area contributed by atoms with Crippen molar-refractivity contribution in [2.45, 2.75) is 46.1 Å². The highest BCUT2D eigenvalue weighted by atomic mass is 32.1. The number of carboxylic acids is 1. The number of benzene rings is 1. The van der Waals surface area contributed by atoms with Crippen molar-refractivity contribution in [3.8, 4) is 11.1 Å². The second-order valence-electron chi connectivity index (χ2n) is 8.20. The Kier molecular flexibility index (Phi) is 6.47. The molecule has 4 rings (SSSR count). The third-order valence-corrected chi connectivity index (χ3v) is 7.28. The first-order chi connectivity index (χ1) is 15.9. The van der Waals surface area contributed by atoms with Crippen molar-refractivity contribution in [1.29, 1.82) is 5.26 Å². The Bertz CT molecular complexity index is 1290. The van der Waals surface area contributed by atoms with Crippen molar-refractivity contribution < 1.29 is 14.7 Å². The standard InChI is InChI=1S/C26H25N3O3S/c1-16-12-19(13-20(14-27)24(30)28-15-18-8-4-3-5-9-18)17(2)29(16)25-23(26(31)32)21-10-6-7-11-22(21)33-25/h3-5,8-9,12-13H,6-7,10-11,15H2,1-2H3,(H,28,30)(H,31,32). The van der Waals surface area contributed by atoms with Gasteiger partial charge < -0.3 is 15.0 Å². The first-order valence-electron chi connectivity index (χ1n) is 10.9. The Hall–Kier alpha value is -3.63. The van der Waals surface area contributed by atoms with Gasteiger partial charge in [0, 0.05) is 22.8 Å². The highest BCUT2D eigenvalue weighted by Gasteiger charge is 2.27. The van der Waals surface area contributed by atoms with E-state index < -0.39 is 11.9 Å². The summed E-state index contributed by atoms with van der Waals surface area (Å²) in [7, 11) is 0. The molecule has 0 fully saturated rings. The van der Waals surface area contributed by atoms with E-state index >= 15 is 0 Å². The maximum atomic E-state index is 12.6. The number of hydrogen-bond donors (Lipinski definition) is 2. The van der Waals surface area contributed by atoms with Gasteiger partial charge in [-0.05, 0) is 68.4 Å². The summed E-state index contributed by atoms with van der Waals surface area (Å²) in [6, 6.07) is 13.4. The van der Waals surface area contributed by atoms with E-state index in [0.29, 0.717) is 17.1 Å². The summed E-state index contributed by atoms with van der Waals surface area (Å²) in [4.78, 5) is 25.9. The molecular formula is C26H25N3O3S. The Morgan fingerprint density at radius 2 is 1.94 bits per heavy atom. The van der Waals surface area contributed by atoms with E-state index in [0.717, 1.165) is 58.6 Å². The molecule has 0 saturated carbocycles. The number of carboxylic acid groups (broad SMARTS) is 1. The van der Waals surface area contributed by atoms with Crippen LogP contribution in [-0.2, 0) is 24.2 Å². The predicted octanol–water partition coefficient (Wildman–Crippen LogP) is 4.96. The molecule has 6 nitrogen and oxygen atoms in total. The Morgan fingerprint density at radius 1 is 1.21 bits per heavy atom. The van der Waals surface area contributed by atoms with E-state index in [1.54, 1.807) is 6.08 Å². The highest BCUT2D eigenvalue weighted by molar-refractivity contribution is 7.15. The van der Waals surface area contributed by atoms with E-state index in [9.17, 15) is 20.0 Å². The number of carbonyl (C=O) groups is 2. The maximum Gasteiger partial charge on any atom is 0.339 e. The Morgan fingerprint density at radius 3 is 2.64 bits per heavy atom. The SMILES string of the molecule is Cc1cc(C=C(C#N)C(=O)NCc2ccccc2)c(C)n1-c1sc2c(c1C(=O)O)CCCC2. The van der Waals surface area contributed by atoms with Crippen LogP contribution in [0.3, 0.4) is 0 Å². The van der Waals surface area contributed by atoms with Crippen LogP contribution in [0.25, 0.3) is 11.1 Å². The third kappa shape index (κ3) is 4.48. The van der Waals surface area contributed by atoms with Crippen LogP contribution in [0.2, 0.25) is 0 Å². The van der Waals surface area contributed by atoms with E-state index in [-0.39, 0.29) is 5.57 Å². The van der Waals surface area contributed by atoms with Gasteiger partial charge in [-0.15, -0.1) is 11.3 Å². The van der Waals surface area contributed by atoms with Gasteiger partial charge in [0.05, 0.1) is 5.56 Å². The molecule has 0 aliphatic heterocycles. The number of carbonyl (C=O) groups excluding carboxylic acids is 1. The van der Waals surface area contributed by atoms with Crippen LogP contribution >= 0.6 is 11.3 Å². The molecule has 2 heterocycles. The molecule has 2 aromatic heterocycles. The molecule has 1 aliphatic carbocycles. The molecule has 0 radical (unpaired) electrons. The minimum absolute atomic E-state index is 0.00936. The summed E-state index contributed by atoms with van der Waals surface area (Å²) in [6.45, 7) is 4.14. The number of nitrogens with one attached hydrogen (secondary N) is 1. The van der Waals surface area contributed by atoms with Crippen molar-refractivity contribution in [3.63, 3.8) is 0 Å². The van der Waals surface area contributed by atoms with Gasteiger partial charge in [0.25, 0.3) is 5.91 Å². The zero-order valence-corrected chi connectivity index (χ0v) is 19.5. The summed E-state index contributed by atoms with van der Waals surface area (Å²) >= 11 is 1.54. The van der Waals surface area contributed by atoms with Crippen LogP contribution in [0.5, 0.6) is 0 Å². The molecule has 0 bridgehead atoms. The van der Waals surface area contributed by atoms with Gasteiger partial charge >= 0.3 is 5.97 Å². The summed E-state index contributed by atoms with van der Waals surface area (Å²) in [5, 5.41) is 23.1. The fourth-order valence-corrected chi connectivity index (χ4v) is 5.85. The number of nitrogens with zero attached hydrogens (tertiary/aromatic N) is 2. The maximum absolute atomic E-state index is 12.6. The van der Waals surface area contributed by atoms with Crippen LogP contribution in [0.15, 0.2) is 42.0 Å². The van der Waals surface area contributed by atoms with Crippen molar-refractivity contribution in [3.05, 3.63) is 80.5 Å². The summed E-state index contributed by atoms with van der Waals surface area (Å²) < 4.78 is 1.94. The van der Waals surface area contributed by atoms with E-state index in [1.807, 2.05) is 60.9 Å². The van der Waals surface area contributed by atoms with Crippen LogP contribution in [0.4, 0.5) is 0 Å². The number of rotatable bonds is 6. The third-order valence-electron chi connectivity index (χ3n) is 6.00. The van der Waals surface area contributed by atoms with Gasteiger partial charge in [-0.2, -0.15) is 5.26 Å². The van der Waals surface area contributed by atoms with Crippen LogP contribution in [0, 0.1) is 25.2 Å². The Balaban J connectivity index is 1.67. The quantitative estimate of drug-likeness (QED) is 0.402. The van der Waals surface area contributed by atoms with Crippen molar-refractivity contribution in [2.24, 2.45) is 0 Å². The van der Waals surface area contributed by atoms with Gasteiger partial charge in [0.1, 0.15) is 16.6 Å². The lowest BCUT2D eigenvalue weighted by Gasteiger charge is -2.11. The van der Waals surface area contributed by atoms with E-state index in [1.165, 1.54) is 11.3 Å². The molecule has 0 atom stereocenters. The fourth-order valence-electron chi connectivity index (χ4n) is 4.35. The molecule has 0 unspecified atom stereocenters. The molecule has 1 aliphatic rings. The number of hydrogen-bond acceptors (Lipinski definition) is 4. The molecule has 1 amide bonds.